The van der Waals surface area contributed by atoms with E-state index in [2.05, 4.69) is 23.3 Å². The van der Waals surface area contributed by atoms with Gasteiger partial charge in [-0.15, -0.1) is 0 Å². The molecule has 1 aromatic carbocycles. The molecule has 0 radical (unpaired) electrons. The van der Waals surface area contributed by atoms with Gasteiger partial charge in [-0.05, 0) is 62.4 Å². The van der Waals surface area contributed by atoms with Crippen LogP contribution >= 0.6 is 11.8 Å². The number of benzene rings is 1. The first-order valence-corrected chi connectivity index (χ1v) is 10.3. The van der Waals surface area contributed by atoms with E-state index in [0.29, 0.717) is 17.0 Å². The largest absolute Gasteiger partial charge is 0.325 e. The average Bonchev–Trinajstić information content (AvgIpc) is 2.67. The Labute approximate surface area is 166 Å². The van der Waals surface area contributed by atoms with Crippen LogP contribution in [0.15, 0.2) is 35.4 Å². The summed E-state index contributed by atoms with van der Waals surface area (Å²) < 4.78 is 0. The van der Waals surface area contributed by atoms with Gasteiger partial charge in [-0.1, -0.05) is 44.2 Å². The topological polar surface area (TPSA) is 65.8 Å². The Bertz CT molecular complexity index is 842. The fraction of sp³-hybridized carbons (Fsp3) is 0.409. The van der Waals surface area contributed by atoms with E-state index in [1.54, 1.807) is 0 Å². The lowest BCUT2D eigenvalue weighted by Crippen LogP contribution is -2.25. The van der Waals surface area contributed by atoms with Crippen molar-refractivity contribution < 1.29 is 4.79 Å². The summed E-state index contributed by atoms with van der Waals surface area (Å²) in [6.07, 6.45) is 3.71. The van der Waals surface area contributed by atoms with Gasteiger partial charge < -0.3 is 5.32 Å². The number of aryl methyl sites for hydroxylation is 3. The Kier molecular flexibility index (Phi) is 7.87. The van der Waals surface area contributed by atoms with Crippen LogP contribution in [0.2, 0.25) is 0 Å². The Morgan fingerprint density at radius 2 is 2.04 bits per heavy atom. The third-order valence-electron chi connectivity index (χ3n) is 4.39. The first-order valence-electron chi connectivity index (χ1n) is 9.43. The highest BCUT2D eigenvalue weighted by molar-refractivity contribution is 8.00. The molecule has 1 unspecified atom stereocenters. The lowest BCUT2D eigenvalue weighted by Gasteiger charge is -2.17. The van der Waals surface area contributed by atoms with Crippen LogP contribution in [0.3, 0.4) is 0 Å². The SMILES string of the molecule is CCCCc1ccc(C#N)c(SC(CC)C(=O)Nc2cc(C)ccc2C)n1. The first kappa shape index (κ1) is 21.0. The number of aromatic nitrogens is 1. The Hall–Kier alpha value is -2.32. The molecule has 0 spiro atoms. The summed E-state index contributed by atoms with van der Waals surface area (Å²) in [6.45, 7) is 8.11. The Morgan fingerprint density at radius 1 is 1.26 bits per heavy atom. The number of thioether (sulfide) groups is 1. The molecule has 1 amide bonds. The maximum atomic E-state index is 12.8. The number of rotatable bonds is 8. The zero-order valence-corrected chi connectivity index (χ0v) is 17.3. The van der Waals surface area contributed by atoms with Crippen molar-refractivity contribution in [3.05, 3.63) is 52.7 Å². The van der Waals surface area contributed by atoms with Gasteiger partial charge in [0, 0.05) is 11.4 Å². The maximum absolute atomic E-state index is 12.8. The Balaban J connectivity index is 2.19. The zero-order chi connectivity index (χ0) is 19.8. The van der Waals surface area contributed by atoms with E-state index in [1.807, 2.05) is 51.1 Å². The highest BCUT2D eigenvalue weighted by Gasteiger charge is 2.21. The van der Waals surface area contributed by atoms with Crippen molar-refractivity contribution in [2.75, 3.05) is 5.32 Å². The monoisotopic (exact) mass is 381 g/mol. The smallest absolute Gasteiger partial charge is 0.237 e. The fourth-order valence-corrected chi connectivity index (χ4v) is 3.70. The van der Waals surface area contributed by atoms with E-state index in [0.717, 1.165) is 41.8 Å². The third-order valence-corrected chi connectivity index (χ3v) is 5.76. The third kappa shape index (κ3) is 5.83. The molecule has 27 heavy (non-hydrogen) atoms. The second kappa shape index (κ2) is 10.1. The van der Waals surface area contributed by atoms with Crippen molar-refractivity contribution in [1.29, 1.82) is 5.26 Å². The highest BCUT2D eigenvalue weighted by atomic mass is 32.2. The summed E-state index contributed by atoms with van der Waals surface area (Å²) in [5.74, 6) is -0.0548. The molecule has 1 N–H and O–H groups in total. The molecular formula is C22H27N3OS. The van der Waals surface area contributed by atoms with Gasteiger partial charge in [0.1, 0.15) is 11.1 Å². The minimum Gasteiger partial charge on any atom is -0.325 e. The minimum atomic E-state index is -0.300. The van der Waals surface area contributed by atoms with Gasteiger partial charge in [0.15, 0.2) is 0 Å². The first-order chi connectivity index (χ1) is 13.0. The van der Waals surface area contributed by atoms with Crippen LogP contribution in [-0.2, 0) is 11.2 Å². The summed E-state index contributed by atoms with van der Waals surface area (Å²) >= 11 is 1.38. The lowest BCUT2D eigenvalue weighted by atomic mass is 10.1. The molecule has 0 saturated carbocycles. The van der Waals surface area contributed by atoms with Crippen LogP contribution in [0.1, 0.15) is 55.5 Å². The quantitative estimate of drug-likeness (QED) is 0.620. The molecule has 2 aromatic rings. The van der Waals surface area contributed by atoms with E-state index in [9.17, 15) is 10.1 Å². The molecule has 0 saturated heterocycles. The number of hydrogen-bond acceptors (Lipinski definition) is 4. The number of carbonyl (C=O) groups excluding carboxylic acids is 1. The van der Waals surface area contributed by atoms with Crippen molar-refractivity contribution in [3.8, 4) is 6.07 Å². The van der Waals surface area contributed by atoms with Crippen molar-refractivity contribution in [1.82, 2.24) is 4.98 Å². The molecule has 2 rings (SSSR count). The molecule has 0 aliphatic heterocycles. The van der Waals surface area contributed by atoms with Crippen molar-refractivity contribution in [2.45, 2.75) is 63.7 Å². The number of nitrogens with one attached hydrogen (secondary N) is 1. The number of hydrogen-bond donors (Lipinski definition) is 1. The van der Waals surface area contributed by atoms with Gasteiger partial charge in [-0.25, -0.2) is 4.98 Å². The van der Waals surface area contributed by atoms with E-state index < -0.39 is 0 Å². The van der Waals surface area contributed by atoms with Gasteiger partial charge in [-0.2, -0.15) is 5.26 Å². The van der Waals surface area contributed by atoms with Crippen molar-refractivity contribution >= 4 is 23.4 Å². The van der Waals surface area contributed by atoms with Crippen LogP contribution in [0.5, 0.6) is 0 Å². The fourth-order valence-electron chi connectivity index (χ4n) is 2.69. The predicted octanol–water partition coefficient (Wildman–Crippen LogP) is 5.42. The number of nitriles is 1. The Morgan fingerprint density at radius 3 is 2.70 bits per heavy atom. The summed E-state index contributed by atoms with van der Waals surface area (Å²) in [5, 5.41) is 12.8. The minimum absolute atomic E-state index is 0.0548. The summed E-state index contributed by atoms with van der Waals surface area (Å²) in [6, 6.07) is 11.9. The van der Waals surface area contributed by atoms with E-state index in [-0.39, 0.29) is 11.2 Å². The summed E-state index contributed by atoms with van der Waals surface area (Å²) in [5.41, 5.74) is 4.48. The van der Waals surface area contributed by atoms with E-state index >= 15 is 0 Å². The van der Waals surface area contributed by atoms with Crippen LogP contribution in [0.25, 0.3) is 0 Å². The standard InChI is InChI=1S/C22H27N3OS/c1-5-7-8-18-12-11-17(14-23)22(24-18)27-20(6-2)21(26)25-19-13-15(3)9-10-16(19)4/h9-13,20H,5-8H2,1-4H3,(H,25,26). The van der Waals surface area contributed by atoms with E-state index in [1.165, 1.54) is 11.8 Å². The second-order valence-electron chi connectivity index (χ2n) is 6.69. The molecule has 0 fully saturated rings. The number of amides is 1. The van der Waals surface area contributed by atoms with Gasteiger partial charge in [-0.3, -0.25) is 4.79 Å². The maximum Gasteiger partial charge on any atom is 0.237 e. The number of unbranched alkanes of at least 4 members (excludes halogenated alkanes) is 1. The molecule has 1 atom stereocenters. The summed E-state index contributed by atoms with van der Waals surface area (Å²) in [7, 11) is 0. The van der Waals surface area contributed by atoms with Gasteiger partial charge >= 0.3 is 0 Å². The lowest BCUT2D eigenvalue weighted by molar-refractivity contribution is -0.115. The zero-order valence-electron chi connectivity index (χ0n) is 16.5. The molecule has 1 heterocycles. The van der Waals surface area contributed by atoms with Gasteiger partial charge in [0.25, 0.3) is 0 Å². The number of carbonyl (C=O) groups is 1. The second-order valence-corrected chi connectivity index (χ2v) is 7.88. The molecule has 0 bridgehead atoms. The molecule has 142 valence electrons. The normalized spacial score (nSPS) is 11.7. The molecule has 0 aliphatic rings. The highest BCUT2D eigenvalue weighted by Crippen LogP contribution is 2.29. The molecule has 1 aromatic heterocycles. The number of anilines is 1. The van der Waals surface area contributed by atoms with Crippen LogP contribution in [0, 0.1) is 25.2 Å². The van der Waals surface area contributed by atoms with Crippen LogP contribution in [0.4, 0.5) is 5.69 Å². The molecule has 5 heteroatoms. The van der Waals surface area contributed by atoms with Crippen molar-refractivity contribution in [2.24, 2.45) is 0 Å². The summed E-state index contributed by atoms with van der Waals surface area (Å²) in [4.78, 5) is 17.5. The molecule has 0 aliphatic carbocycles. The van der Waals surface area contributed by atoms with E-state index in [4.69, 9.17) is 0 Å². The van der Waals surface area contributed by atoms with Crippen LogP contribution < -0.4 is 5.32 Å². The molecule has 4 nitrogen and oxygen atoms in total. The molecular weight excluding hydrogens is 354 g/mol. The van der Waals surface area contributed by atoms with Gasteiger partial charge in [0.2, 0.25) is 5.91 Å². The predicted molar refractivity (Wildman–Crippen MR) is 112 cm³/mol. The number of nitrogens with zero attached hydrogens (tertiary/aromatic N) is 2. The van der Waals surface area contributed by atoms with Gasteiger partial charge in [0.05, 0.1) is 10.8 Å². The van der Waals surface area contributed by atoms with Crippen molar-refractivity contribution in [3.63, 3.8) is 0 Å². The van der Waals surface area contributed by atoms with Crippen LogP contribution in [-0.4, -0.2) is 16.1 Å². The average molecular weight is 382 g/mol. The number of pyridine rings is 1.